The molecule has 0 saturated carbocycles. The minimum Gasteiger partial charge on any atom is -0.322 e. The van der Waals surface area contributed by atoms with E-state index in [0.717, 1.165) is 12.1 Å². The average molecular weight is 315 g/mol. The van der Waals surface area contributed by atoms with Crippen LogP contribution >= 0.6 is 23.2 Å². The molecule has 0 saturated heterocycles. The highest BCUT2D eigenvalue weighted by atomic mass is 35.5. The Bertz CT molecular complexity index is 646. The Morgan fingerprint density at radius 2 is 2.00 bits per heavy atom. The zero-order valence-corrected chi connectivity index (χ0v) is 11.5. The molecular formula is C12H9Cl2FN4O. The Hall–Kier alpha value is -1.89. The fourth-order valence-corrected chi connectivity index (χ4v) is 1.94. The lowest BCUT2D eigenvalue weighted by Gasteiger charge is -2.07. The van der Waals surface area contributed by atoms with Crippen molar-refractivity contribution in [2.45, 2.75) is 0 Å². The van der Waals surface area contributed by atoms with Gasteiger partial charge in [-0.1, -0.05) is 23.2 Å². The summed E-state index contributed by atoms with van der Waals surface area (Å²) in [5, 5.41) is 2.86. The largest absolute Gasteiger partial charge is 0.322 e. The molecule has 1 aromatic carbocycles. The zero-order chi connectivity index (χ0) is 14.7. The number of carbonyl (C=O) groups is 1. The highest BCUT2D eigenvalue weighted by Crippen LogP contribution is 2.21. The first-order chi connectivity index (χ1) is 9.49. The smallest absolute Gasteiger partial charge is 0.257 e. The van der Waals surface area contributed by atoms with E-state index in [1.54, 1.807) is 0 Å². The second-order valence-corrected chi connectivity index (χ2v) is 4.65. The summed E-state index contributed by atoms with van der Waals surface area (Å²) in [4.78, 5) is 15.8. The standard InChI is InChI=1S/C12H9Cl2FN4O/c13-7-2-8(15)4-9(3-7)18-12(20)6-1-10(14)11(19-16)17-5-6/h1-5H,16H2,(H,17,19)(H,18,20). The van der Waals surface area contributed by atoms with Crippen LogP contribution in [0.15, 0.2) is 30.5 Å². The number of hydrogen-bond donors (Lipinski definition) is 3. The molecule has 0 fully saturated rings. The van der Waals surface area contributed by atoms with Crippen LogP contribution < -0.4 is 16.6 Å². The number of rotatable bonds is 3. The van der Waals surface area contributed by atoms with Crippen LogP contribution in [0.1, 0.15) is 10.4 Å². The van der Waals surface area contributed by atoms with E-state index < -0.39 is 11.7 Å². The van der Waals surface area contributed by atoms with Gasteiger partial charge in [-0.25, -0.2) is 15.2 Å². The van der Waals surface area contributed by atoms with Crippen LogP contribution in [0, 0.1) is 5.82 Å². The van der Waals surface area contributed by atoms with Crippen molar-refractivity contribution >= 4 is 40.6 Å². The third-order valence-electron chi connectivity index (χ3n) is 2.36. The van der Waals surface area contributed by atoms with E-state index >= 15 is 0 Å². The van der Waals surface area contributed by atoms with Crippen LogP contribution in [-0.4, -0.2) is 10.9 Å². The van der Waals surface area contributed by atoms with Crippen molar-refractivity contribution in [3.05, 3.63) is 51.9 Å². The molecule has 0 aliphatic rings. The molecule has 0 aliphatic heterocycles. The van der Waals surface area contributed by atoms with E-state index in [0.29, 0.717) is 0 Å². The fraction of sp³-hybridized carbons (Fsp3) is 0. The minimum absolute atomic E-state index is 0.180. The van der Waals surface area contributed by atoms with Gasteiger partial charge in [0.25, 0.3) is 5.91 Å². The molecule has 5 nitrogen and oxygen atoms in total. The van der Waals surface area contributed by atoms with Crippen LogP contribution in [0.2, 0.25) is 10.0 Å². The quantitative estimate of drug-likeness (QED) is 0.601. The van der Waals surface area contributed by atoms with Gasteiger partial charge in [-0.3, -0.25) is 4.79 Å². The summed E-state index contributed by atoms with van der Waals surface area (Å²) in [5.41, 5.74) is 2.72. The van der Waals surface area contributed by atoms with Crippen LogP contribution in [-0.2, 0) is 0 Å². The number of aromatic nitrogens is 1. The Morgan fingerprint density at radius 1 is 1.25 bits per heavy atom. The molecule has 8 heteroatoms. The molecular weight excluding hydrogens is 306 g/mol. The number of benzene rings is 1. The molecule has 0 spiro atoms. The summed E-state index contributed by atoms with van der Waals surface area (Å²) < 4.78 is 13.2. The summed E-state index contributed by atoms with van der Waals surface area (Å²) in [6, 6.07) is 5.10. The average Bonchev–Trinajstić information content (AvgIpc) is 2.37. The fourth-order valence-electron chi connectivity index (χ4n) is 1.50. The van der Waals surface area contributed by atoms with Gasteiger partial charge in [0.1, 0.15) is 5.82 Å². The van der Waals surface area contributed by atoms with Crippen molar-refractivity contribution < 1.29 is 9.18 Å². The number of anilines is 2. The highest BCUT2D eigenvalue weighted by molar-refractivity contribution is 6.33. The molecule has 0 radical (unpaired) electrons. The molecule has 2 aromatic rings. The maximum atomic E-state index is 13.2. The maximum Gasteiger partial charge on any atom is 0.257 e. The molecule has 104 valence electrons. The Kier molecular flexibility index (Phi) is 4.39. The molecule has 20 heavy (non-hydrogen) atoms. The SMILES string of the molecule is NNc1ncc(C(=O)Nc2cc(F)cc(Cl)c2)cc1Cl. The van der Waals surface area contributed by atoms with Crippen molar-refractivity contribution in [3.8, 4) is 0 Å². The number of nitrogens with zero attached hydrogens (tertiary/aromatic N) is 1. The number of nitrogens with one attached hydrogen (secondary N) is 2. The van der Waals surface area contributed by atoms with Crippen molar-refractivity contribution in [1.82, 2.24) is 4.98 Å². The maximum absolute atomic E-state index is 13.2. The highest BCUT2D eigenvalue weighted by Gasteiger charge is 2.10. The van der Waals surface area contributed by atoms with E-state index in [9.17, 15) is 9.18 Å². The van der Waals surface area contributed by atoms with Gasteiger partial charge >= 0.3 is 0 Å². The van der Waals surface area contributed by atoms with E-state index in [2.05, 4.69) is 15.7 Å². The third-order valence-corrected chi connectivity index (χ3v) is 2.87. The van der Waals surface area contributed by atoms with E-state index in [1.807, 2.05) is 0 Å². The van der Waals surface area contributed by atoms with Gasteiger partial charge in [0.05, 0.1) is 10.6 Å². The van der Waals surface area contributed by atoms with Gasteiger partial charge in [0.15, 0.2) is 5.82 Å². The van der Waals surface area contributed by atoms with Gasteiger partial charge in [-0.05, 0) is 24.3 Å². The number of hydrazine groups is 1. The van der Waals surface area contributed by atoms with Crippen LogP contribution in [0.4, 0.5) is 15.9 Å². The molecule has 0 aliphatic carbocycles. The van der Waals surface area contributed by atoms with Gasteiger partial charge < -0.3 is 10.7 Å². The summed E-state index contributed by atoms with van der Waals surface area (Å²) in [6.07, 6.45) is 1.29. The van der Waals surface area contributed by atoms with E-state index in [-0.39, 0.29) is 27.1 Å². The van der Waals surface area contributed by atoms with Gasteiger partial charge in [0.2, 0.25) is 0 Å². The second kappa shape index (κ2) is 6.04. The minimum atomic E-state index is -0.549. The predicted molar refractivity (Wildman–Crippen MR) is 76.4 cm³/mol. The van der Waals surface area contributed by atoms with Crippen molar-refractivity contribution in [2.24, 2.45) is 5.84 Å². The molecule has 1 heterocycles. The number of carbonyl (C=O) groups excluding carboxylic acids is 1. The lowest BCUT2D eigenvalue weighted by Crippen LogP contribution is -2.14. The van der Waals surface area contributed by atoms with Crippen LogP contribution in [0.25, 0.3) is 0 Å². The molecule has 4 N–H and O–H groups in total. The number of amides is 1. The first-order valence-electron chi connectivity index (χ1n) is 5.39. The number of nitrogen functional groups attached to an aromatic ring is 1. The normalized spacial score (nSPS) is 10.2. The lowest BCUT2D eigenvalue weighted by molar-refractivity contribution is 0.102. The van der Waals surface area contributed by atoms with E-state index in [4.69, 9.17) is 29.0 Å². The number of halogens is 3. The molecule has 1 aromatic heterocycles. The lowest BCUT2D eigenvalue weighted by atomic mass is 10.2. The van der Waals surface area contributed by atoms with Crippen molar-refractivity contribution in [1.29, 1.82) is 0 Å². The van der Waals surface area contributed by atoms with Crippen molar-refractivity contribution in [2.75, 3.05) is 10.7 Å². The monoisotopic (exact) mass is 314 g/mol. The number of hydrogen-bond acceptors (Lipinski definition) is 4. The van der Waals surface area contributed by atoms with Crippen LogP contribution in [0.5, 0.6) is 0 Å². The first-order valence-corrected chi connectivity index (χ1v) is 6.15. The topological polar surface area (TPSA) is 80.0 Å². The summed E-state index contributed by atoms with van der Waals surface area (Å²) >= 11 is 11.6. The number of pyridine rings is 1. The van der Waals surface area contributed by atoms with Gasteiger partial charge in [-0.2, -0.15) is 0 Å². The molecule has 2 rings (SSSR count). The predicted octanol–water partition coefficient (Wildman–Crippen LogP) is 3.07. The molecule has 0 bridgehead atoms. The molecule has 0 atom stereocenters. The Labute approximate surface area is 123 Å². The molecule has 0 unspecified atom stereocenters. The summed E-state index contributed by atoms with van der Waals surface area (Å²) in [6.45, 7) is 0. The van der Waals surface area contributed by atoms with Gasteiger partial charge in [-0.15, -0.1) is 0 Å². The Morgan fingerprint density at radius 3 is 2.60 bits per heavy atom. The van der Waals surface area contributed by atoms with Gasteiger partial charge in [0, 0.05) is 16.9 Å². The number of nitrogens with two attached hydrogens (primary N) is 1. The van der Waals surface area contributed by atoms with Crippen LogP contribution in [0.3, 0.4) is 0 Å². The second-order valence-electron chi connectivity index (χ2n) is 3.81. The first kappa shape index (κ1) is 14.5. The third kappa shape index (κ3) is 3.36. The molecule has 1 amide bonds. The zero-order valence-electron chi connectivity index (χ0n) is 9.95. The summed E-state index contributed by atoms with van der Waals surface area (Å²) in [5.74, 6) is 4.38. The summed E-state index contributed by atoms with van der Waals surface area (Å²) in [7, 11) is 0. The van der Waals surface area contributed by atoms with Crippen molar-refractivity contribution in [3.63, 3.8) is 0 Å². The Balaban J connectivity index is 2.21. The van der Waals surface area contributed by atoms with E-state index in [1.165, 1.54) is 18.3 Å².